The molecule has 1 amide bonds. The number of rotatable bonds is 2. The Balaban J connectivity index is 2.04. The summed E-state index contributed by atoms with van der Waals surface area (Å²) in [6, 6.07) is 3.30. The van der Waals surface area contributed by atoms with Crippen molar-refractivity contribution < 1.29 is 4.79 Å². The van der Waals surface area contributed by atoms with Crippen LogP contribution in [0.3, 0.4) is 0 Å². The molecule has 0 saturated heterocycles. The molecular formula is C14H18Cl2N2O. The normalized spacial score (nSPS) is 22.0. The van der Waals surface area contributed by atoms with Gasteiger partial charge in [0.1, 0.15) is 10.3 Å². The Morgan fingerprint density at radius 2 is 2.00 bits per heavy atom. The van der Waals surface area contributed by atoms with E-state index in [0.717, 1.165) is 19.3 Å². The van der Waals surface area contributed by atoms with Crippen LogP contribution in [0.25, 0.3) is 0 Å². The number of amides is 1. The third-order valence-corrected chi connectivity index (χ3v) is 3.95. The number of aromatic nitrogens is 1. The Morgan fingerprint density at radius 3 is 2.58 bits per heavy atom. The quantitative estimate of drug-likeness (QED) is 0.836. The molecule has 1 fully saturated rings. The topological polar surface area (TPSA) is 42.0 Å². The molecule has 0 aromatic carbocycles. The molecule has 0 spiro atoms. The number of carbonyl (C=O) groups is 1. The second-order valence-corrected chi connectivity index (χ2v) is 6.71. The molecule has 1 N–H and O–H groups in total. The van der Waals surface area contributed by atoms with E-state index in [-0.39, 0.29) is 22.3 Å². The van der Waals surface area contributed by atoms with Crippen LogP contribution >= 0.6 is 23.2 Å². The van der Waals surface area contributed by atoms with Gasteiger partial charge in [-0.05, 0) is 36.8 Å². The van der Waals surface area contributed by atoms with Crippen molar-refractivity contribution in [1.82, 2.24) is 10.3 Å². The fraction of sp³-hybridized carbons (Fsp3) is 0.571. The zero-order chi connectivity index (χ0) is 14.0. The largest absolute Gasteiger partial charge is 0.349 e. The van der Waals surface area contributed by atoms with Gasteiger partial charge >= 0.3 is 0 Å². The molecular weight excluding hydrogens is 283 g/mol. The molecule has 1 aliphatic rings. The Labute approximate surface area is 123 Å². The van der Waals surface area contributed by atoms with E-state index in [2.05, 4.69) is 24.1 Å². The van der Waals surface area contributed by atoms with E-state index in [1.54, 1.807) is 0 Å². The summed E-state index contributed by atoms with van der Waals surface area (Å²) in [7, 11) is 0. The molecule has 1 aromatic heterocycles. The van der Waals surface area contributed by atoms with Gasteiger partial charge in [0.25, 0.3) is 5.91 Å². The average molecular weight is 301 g/mol. The van der Waals surface area contributed by atoms with Crippen LogP contribution in [0.4, 0.5) is 0 Å². The Morgan fingerprint density at radius 1 is 1.37 bits per heavy atom. The summed E-state index contributed by atoms with van der Waals surface area (Å²) in [6.07, 6.45) is 4.40. The average Bonchev–Trinajstić information content (AvgIpc) is 2.26. The number of carbonyl (C=O) groups excluding carboxylic acids is 1. The second kappa shape index (κ2) is 5.68. The molecule has 3 nitrogen and oxygen atoms in total. The minimum Gasteiger partial charge on any atom is -0.349 e. The zero-order valence-corrected chi connectivity index (χ0v) is 12.7. The predicted molar refractivity (Wildman–Crippen MR) is 77.8 cm³/mol. The lowest BCUT2D eigenvalue weighted by atomic mass is 9.75. The highest BCUT2D eigenvalue weighted by Crippen LogP contribution is 2.35. The summed E-state index contributed by atoms with van der Waals surface area (Å²) in [5.41, 5.74) is 0.761. The number of halogens is 2. The molecule has 1 atom stereocenters. The van der Waals surface area contributed by atoms with Gasteiger partial charge in [0.2, 0.25) is 0 Å². The van der Waals surface area contributed by atoms with Crippen molar-refractivity contribution in [2.45, 2.75) is 45.6 Å². The fourth-order valence-corrected chi connectivity index (χ4v) is 3.15. The smallest absolute Gasteiger partial charge is 0.251 e. The molecule has 1 aromatic rings. The lowest BCUT2D eigenvalue weighted by Crippen LogP contribution is -2.40. The van der Waals surface area contributed by atoms with Crippen LogP contribution in [-0.2, 0) is 0 Å². The molecule has 1 heterocycles. The predicted octanol–water partition coefficient (Wildman–Crippen LogP) is 4.09. The van der Waals surface area contributed by atoms with Crippen molar-refractivity contribution in [3.05, 3.63) is 28.0 Å². The molecule has 19 heavy (non-hydrogen) atoms. The molecule has 5 heteroatoms. The van der Waals surface area contributed by atoms with Gasteiger partial charge in [-0.15, -0.1) is 0 Å². The molecule has 1 aliphatic carbocycles. The maximum absolute atomic E-state index is 12.2. The highest BCUT2D eigenvalue weighted by molar-refractivity contribution is 6.33. The van der Waals surface area contributed by atoms with Crippen molar-refractivity contribution in [3.63, 3.8) is 0 Å². The van der Waals surface area contributed by atoms with E-state index in [4.69, 9.17) is 23.2 Å². The number of nitrogens with one attached hydrogen (secondary N) is 1. The molecule has 0 radical (unpaired) electrons. The summed E-state index contributed by atoms with van der Waals surface area (Å²) in [5, 5.41) is 3.54. The second-order valence-electron chi connectivity index (χ2n) is 5.93. The van der Waals surface area contributed by atoms with Crippen LogP contribution < -0.4 is 5.32 Å². The third-order valence-electron chi connectivity index (χ3n) is 3.57. The van der Waals surface area contributed by atoms with E-state index < -0.39 is 0 Å². The first-order valence-electron chi connectivity index (χ1n) is 6.50. The van der Waals surface area contributed by atoms with Gasteiger partial charge in [-0.2, -0.15) is 0 Å². The minimum atomic E-state index is -0.131. The number of pyridine rings is 1. The van der Waals surface area contributed by atoms with Crippen molar-refractivity contribution in [3.8, 4) is 0 Å². The van der Waals surface area contributed by atoms with Crippen LogP contribution in [0.1, 0.15) is 49.9 Å². The number of hydrogen-bond donors (Lipinski definition) is 1. The maximum Gasteiger partial charge on any atom is 0.251 e. The Bertz CT molecular complexity index is 468. The van der Waals surface area contributed by atoms with Crippen LogP contribution in [0.15, 0.2) is 12.1 Å². The van der Waals surface area contributed by atoms with Crippen LogP contribution in [0.2, 0.25) is 10.3 Å². The standard InChI is InChI=1S/C14H18Cl2N2O/c1-14(2)5-3-4-10(8-14)17-13(19)9-6-11(15)18-12(16)7-9/h6-7,10H,3-5,8H2,1-2H3,(H,17,19). The van der Waals surface area contributed by atoms with Crippen LogP contribution in [0.5, 0.6) is 0 Å². The minimum absolute atomic E-state index is 0.131. The van der Waals surface area contributed by atoms with E-state index in [0.29, 0.717) is 11.0 Å². The number of hydrogen-bond acceptors (Lipinski definition) is 2. The van der Waals surface area contributed by atoms with Gasteiger partial charge in [-0.1, -0.05) is 43.5 Å². The molecule has 0 bridgehead atoms. The molecule has 104 valence electrons. The first-order valence-corrected chi connectivity index (χ1v) is 7.25. The van der Waals surface area contributed by atoms with E-state index in [1.807, 2.05) is 0 Å². The third kappa shape index (κ3) is 4.08. The maximum atomic E-state index is 12.2. The van der Waals surface area contributed by atoms with Crippen molar-refractivity contribution in [2.24, 2.45) is 5.41 Å². The highest BCUT2D eigenvalue weighted by atomic mass is 35.5. The van der Waals surface area contributed by atoms with Crippen molar-refractivity contribution in [1.29, 1.82) is 0 Å². The number of nitrogens with zero attached hydrogens (tertiary/aromatic N) is 1. The summed E-state index contributed by atoms with van der Waals surface area (Å²) in [6.45, 7) is 4.48. The molecule has 0 aliphatic heterocycles. The summed E-state index contributed by atoms with van der Waals surface area (Å²) >= 11 is 11.6. The van der Waals surface area contributed by atoms with Gasteiger partial charge in [-0.25, -0.2) is 4.98 Å². The first kappa shape index (κ1) is 14.6. The van der Waals surface area contributed by atoms with Gasteiger partial charge in [0.15, 0.2) is 0 Å². The summed E-state index contributed by atoms with van der Waals surface area (Å²) < 4.78 is 0. The van der Waals surface area contributed by atoms with E-state index in [1.165, 1.54) is 18.6 Å². The van der Waals surface area contributed by atoms with Gasteiger partial charge < -0.3 is 5.32 Å². The molecule has 1 saturated carbocycles. The zero-order valence-electron chi connectivity index (χ0n) is 11.2. The summed E-state index contributed by atoms with van der Waals surface area (Å²) in [4.78, 5) is 16.0. The van der Waals surface area contributed by atoms with E-state index in [9.17, 15) is 4.79 Å². The highest BCUT2D eigenvalue weighted by Gasteiger charge is 2.29. The van der Waals surface area contributed by atoms with E-state index >= 15 is 0 Å². The lowest BCUT2D eigenvalue weighted by Gasteiger charge is -2.35. The van der Waals surface area contributed by atoms with Crippen LogP contribution in [-0.4, -0.2) is 16.9 Å². The lowest BCUT2D eigenvalue weighted by molar-refractivity contribution is 0.0902. The van der Waals surface area contributed by atoms with Gasteiger partial charge in [0, 0.05) is 11.6 Å². The van der Waals surface area contributed by atoms with Gasteiger partial charge in [0.05, 0.1) is 0 Å². The van der Waals surface area contributed by atoms with Crippen molar-refractivity contribution in [2.75, 3.05) is 0 Å². The van der Waals surface area contributed by atoms with Gasteiger partial charge in [-0.3, -0.25) is 4.79 Å². The Hall–Kier alpha value is -0.800. The molecule has 2 rings (SSSR count). The van der Waals surface area contributed by atoms with Crippen molar-refractivity contribution >= 4 is 29.1 Å². The monoisotopic (exact) mass is 300 g/mol. The summed E-state index contributed by atoms with van der Waals surface area (Å²) in [5.74, 6) is -0.131. The first-order chi connectivity index (χ1) is 8.85. The fourth-order valence-electron chi connectivity index (χ4n) is 2.69. The van der Waals surface area contributed by atoms with Crippen LogP contribution in [0, 0.1) is 5.41 Å². The molecule has 1 unspecified atom stereocenters. The SMILES string of the molecule is CC1(C)CCCC(NC(=O)c2cc(Cl)nc(Cl)c2)C1. The Kier molecular flexibility index (Phi) is 4.36.